The van der Waals surface area contributed by atoms with Gasteiger partial charge >= 0.3 is 19.8 Å². The number of aliphatic hydroxyl groups excluding tert-OH is 2. The van der Waals surface area contributed by atoms with Gasteiger partial charge in [0.2, 0.25) is 0 Å². The third-order valence-electron chi connectivity index (χ3n) is 7.92. The average molecular weight is 753 g/mol. The fourth-order valence-corrected chi connectivity index (χ4v) is 5.27. The minimum absolute atomic E-state index is 0.0552. The SMILES string of the molecule is CCCCC/C=C\C[C@H](O)/C=C/C=C/C=C\[C@H](O)CCCC(=O)O[C@H](COC(=O)CCCCCCC/C=C\C=C/CCCCCC)COP(=O)(O)O. The lowest BCUT2D eigenvalue weighted by Gasteiger charge is -2.18. The minimum atomic E-state index is -4.83. The molecule has 0 aromatic heterocycles. The first-order valence-electron chi connectivity index (χ1n) is 19.5. The molecule has 298 valence electrons. The van der Waals surface area contributed by atoms with Crippen LogP contribution in [0.3, 0.4) is 0 Å². The number of ether oxygens (including phenoxy) is 2. The Bertz CT molecular complexity index is 1100. The fourth-order valence-electron chi connectivity index (χ4n) is 4.91. The lowest BCUT2D eigenvalue weighted by molar-refractivity contribution is -0.161. The molecule has 0 aromatic rings. The number of rotatable bonds is 34. The fraction of sp³-hybridized carbons (Fsp3) is 0.659. The van der Waals surface area contributed by atoms with Crippen LogP contribution in [0.2, 0.25) is 0 Å². The van der Waals surface area contributed by atoms with Crippen molar-refractivity contribution in [2.24, 2.45) is 0 Å². The third kappa shape index (κ3) is 37.2. The van der Waals surface area contributed by atoms with Gasteiger partial charge in [0.1, 0.15) is 6.61 Å². The zero-order chi connectivity index (χ0) is 38.5. The van der Waals surface area contributed by atoms with Gasteiger partial charge in [0.25, 0.3) is 0 Å². The summed E-state index contributed by atoms with van der Waals surface area (Å²) in [4.78, 5) is 42.7. The minimum Gasteiger partial charge on any atom is -0.462 e. The Morgan fingerprint density at radius 1 is 0.596 bits per heavy atom. The summed E-state index contributed by atoms with van der Waals surface area (Å²) < 4.78 is 26.1. The smallest absolute Gasteiger partial charge is 0.462 e. The maximum absolute atomic E-state index is 12.4. The normalized spacial score (nSPS) is 14.5. The Balaban J connectivity index is 4.29. The molecule has 0 bridgehead atoms. The van der Waals surface area contributed by atoms with Gasteiger partial charge in [0.15, 0.2) is 6.10 Å². The summed E-state index contributed by atoms with van der Waals surface area (Å²) in [5.41, 5.74) is 0. The number of unbranched alkanes of at least 4 members (excludes halogenated alkanes) is 12. The van der Waals surface area contributed by atoms with Crippen LogP contribution in [0.5, 0.6) is 0 Å². The van der Waals surface area contributed by atoms with E-state index in [9.17, 15) is 24.4 Å². The van der Waals surface area contributed by atoms with E-state index >= 15 is 0 Å². The van der Waals surface area contributed by atoms with Crippen molar-refractivity contribution in [3.05, 3.63) is 72.9 Å². The van der Waals surface area contributed by atoms with Crippen LogP contribution < -0.4 is 0 Å². The molecule has 0 unspecified atom stereocenters. The zero-order valence-electron chi connectivity index (χ0n) is 31.9. The third-order valence-corrected chi connectivity index (χ3v) is 8.40. The molecule has 11 heteroatoms. The molecule has 0 fully saturated rings. The molecular weight excluding hydrogens is 683 g/mol. The lowest BCUT2D eigenvalue weighted by Crippen LogP contribution is -2.29. The second kappa shape index (κ2) is 35.4. The number of aliphatic hydroxyl groups is 2. The molecule has 4 N–H and O–H groups in total. The van der Waals surface area contributed by atoms with Crippen LogP contribution in [0.25, 0.3) is 0 Å². The summed E-state index contributed by atoms with van der Waals surface area (Å²) in [7, 11) is -4.83. The van der Waals surface area contributed by atoms with Gasteiger partial charge in [-0.1, -0.05) is 138 Å². The molecule has 0 heterocycles. The Morgan fingerprint density at radius 3 is 1.79 bits per heavy atom. The van der Waals surface area contributed by atoms with Crippen LogP contribution in [-0.4, -0.2) is 63.5 Å². The predicted molar refractivity (Wildman–Crippen MR) is 209 cm³/mol. The van der Waals surface area contributed by atoms with Crippen molar-refractivity contribution in [1.82, 2.24) is 0 Å². The van der Waals surface area contributed by atoms with Crippen molar-refractivity contribution in [1.29, 1.82) is 0 Å². The first-order valence-corrected chi connectivity index (χ1v) is 21.0. The Hall–Kier alpha value is -2.59. The van der Waals surface area contributed by atoms with Crippen molar-refractivity contribution in [3.8, 4) is 0 Å². The van der Waals surface area contributed by atoms with E-state index in [2.05, 4.69) is 48.8 Å². The number of phosphoric ester groups is 1. The van der Waals surface area contributed by atoms with E-state index in [0.717, 1.165) is 51.4 Å². The van der Waals surface area contributed by atoms with Crippen LogP contribution in [0, 0.1) is 0 Å². The van der Waals surface area contributed by atoms with Crippen LogP contribution in [-0.2, 0) is 28.2 Å². The van der Waals surface area contributed by atoms with Gasteiger partial charge in [0, 0.05) is 12.8 Å². The lowest BCUT2D eigenvalue weighted by atomic mass is 10.1. The zero-order valence-corrected chi connectivity index (χ0v) is 32.8. The highest BCUT2D eigenvalue weighted by atomic mass is 31.2. The highest BCUT2D eigenvalue weighted by Crippen LogP contribution is 2.36. The Labute approximate surface area is 314 Å². The maximum atomic E-state index is 12.4. The van der Waals surface area contributed by atoms with E-state index in [1.54, 1.807) is 36.5 Å². The summed E-state index contributed by atoms with van der Waals surface area (Å²) in [6.45, 7) is 3.36. The summed E-state index contributed by atoms with van der Waals surface area (Å²) in [5, 5.41) is 20.2. The number of hydrogen-bond acceptors (Lipinski definition) is 8. The molecule has 0 amide bonds. The van der Waals surface area contributed by atoms with Gasteiger partial charge in [-0.15, -0.1) is 0 Å². The second-order valence-corrected chi connectivity index (χ2v) is 14.2. The van der Waals surface area contributed by atoms with Crippen molar-refractivity contribution in [3.63, 3.8) is 0 Å². The Morgan fingerprint density at radius 2 is 1.13 bits per heavy atom. The van der Waals surface area contributed by atoms with Crippen molar-refractivity contribution in [2.45, 2.75) is 161 Å². The molecule has 3 atom stereocenters. The summed E-state index contributed by atoms with van der Waals surface area (Å²) >= 11 is 0. The number of esters is 2. The molecule has 0 rings (SSSR count). The van der Waals surface area contributed by atoms with E-state index in [4.69, 9.17) is 19.3 Å². The van der Waals surface area contributed by atoms with Crippen molar-refractivity contribution >= 4 is 19.8 Å². The van der Waals surface area contributed by atoms with E-state index < -0.39 is 44.7 Å². The molecule has 0 saturated carbocycles. The predicted octanol–water partition coefficient (Wildman–Crippen LogP) is 9.45. The molecular formula is C41H69O10P. The monoisotopic (exact) mass is 752 g/mol. The van der Waals surface area contributed by atoms with Crippen LogP contribution in [0.4, 0.5) is 0 Å². The van der Waals surface area contributed by atoms with E-state index in [-0.39, 0.29) is 25.9 Å². The molecule has 10 nitrogen and oxygen atoms in total. The Kier molecular flexibility index (Phi) is 33.7. The molecule has 0 aliphatic rings. The van der Waals surface area contributed by atoms with Gasteiger partial charge in [-0.2, -0.15) is 0 Å². The van der Waals surface area contributed by atoms with Gasteiger partial charge in [0.05, 0.1) is 18.8 Å². The first-order chi connectivity index (χ1) is 25.1. The second-order valence-electron chi connectivity index (χ2n) is 13.0. The van der Waals surface area contributed by atoms with Gasteiger partial charge < -0.3 is 29.5 Å². The standard InChI is InChI=1S/C41H69O10P/c1-3-5-7-9-11-12-13-14-15-16-17-18-19-21-27-33-40(44)49-35-39(36-50-52(46,47)48)51-41(45)34-28-32-38(43)31-26-23-22-25-30-37(42)29-24-20-10-8-6-4-2/h12-15,20,22-26,30-31,37-39,42-43H,3-11,16-19,21,27-29,32-36H2,1-2H3,(H2,46,47,48)/b13-12-,15-14-,23-22+,24-20-,30-25+,31-26-/t37-,38-,39+/m0/s1. The highest BCUT2D eigenvalue weighted by molar-refractivity contribution is 7.46. The first kappa shape index (κ1) is 49.4. The largest absolute Gasteiger partial charge is 0.469 e. The average Bonchev–Trinajstić information content (AvgIpc) is 3.10. The molecule has 0 radical (unpaired) electrons. The molecule has 0 saturated heterocycles. The number of hydrogen-bond donors (Lipinski definition) is 4. The summed E-state index contributed by atoms with van der Waals surface area (Å²) in [6, 6.07) is 0. The van der Waals surface area contributed by atoms with Crippen molar-refractivity contribution in [2.75, 3.05) is 13.2 Å². The van der Waals surface area contributed by atoms with Gasteiger partial charge in [-0.05, 0) is 64.2 Å². The molecule has 0 spiro atoms. The maximum Gasteiger partial charge on any atom is 0.469 e. The molecule has 0 aliphatic carbocycles. The van der Waals surface area contributed by atoms with Gasteiger partial charge in [-0.3, -0.25) is 14.1 Å². The number of carbonyl (C=O) groups excluding carboxylic acids is 2. The molecule has 0 aliphatic heterocycles. The number of phosphoric acid groups is 1. The number of carbonyl (C=O) groups is 2. The van der Waals surface area contributed by atoms with E-state index in [1.165, 1.54) is 38.5 Å². The summed E-state index contributed by atoms with van der Waals surface area (Å²) in [5.74, 6) is -1.15. The summed E-state index contributed by atoms with van der Waals surface area (Å²) in [6.07, 6.45) is 38.2. The quantitative estimate of drug-likeness (QED) is 0.0164. The van der Waals surface area contributed by atoms with E-state index in [0.29, 0.717) is 19.3 Å². The van der Waals surface area contributed by atoms with Crippen molar-refractivity contribution < 1.29 is 48.2 Å². The van der Waals surface area contributed by atoms with Crippen LogP contribution in [0.1, 0.15) is 142 Å². The van der Waals surface area contributed by atoms with E-state index in [1.807, 2.05) is 6.08 Å². The van der Waals surface area contributed by atoms with Crippen LogP contribution >= 0.6 is 7.82 Å². The molecule has 0 aromatic carbocycles. The number of allylic oxidation sites excluding steroid dienone is 9. The van der Waals surface area contributed by atoms with Crippen LogP contribution in [0.15, 0.2) is 72.9 Å². The van der Waals surface area contributed by atoms with Gasteiger partial charge in [-0.25, -0.2) is 4.57 Å². The molecule has 52 heavy (non-hydrogen) atoms. The highest BCUT2D eigenvalue weighted by Gasteiger charge is 2.23. The topological polar surface area (TPSA) is 160 Å².